The van der Waals surface area contributed by atoms with Crippen LogP contribution in [-0.4, -0.2) is 29.4 Å². The Bertz CT molecular complexity index is 443. The zero-order chi connectivity index (χ0) is 13.2. The zero-order valence-electron chi connectivity index (χ0n) is 9.95. The minimum atomic E-state index is -1.46. The first-order valence-electron chi connectivity index (χ1n) is 5.12. The van der Waals surface area contributed by atoms with E-state index < -0.39 is 12.1 Å². The Morgan fingerprint density at radius 2 is 2.12 bits per heavy atom. The first kappa shape index (κ1) is 13.8. The summed E-state index contributed by atoms with van der Waals surface area (Å²) in [5.41, 5.74) is 2.22. The Balaban J connectivity index is 3.21. The first-order valence-corrected chi connectivity index (χ1v) is 5.49. The van der Waals surface area contributed by atoms with Crippen molar-refractivity contribution in [1.29, 1.82) is 0 Å². The highest BCUT2D eigenvalue weighted by Gasteiger charge is 2.20. The van der Waals surface area contributed by atoms with Gasteiger partial charge >= 0.3 is 5.97 Å². The van der Waals surface area contributed by atoms with Crippen molar-refractivity contribution < 1.29 is 19.7 Å². The predicted octanol–water partition coefficient (Wildman–Crippen LogP) is 1.95. The number of ether oxygens (including phenoxy) is 1. The third-order valence-electron chi connectivity index (χ3n) is 2.68. The molecule has 0 aliphatic heterocycles. The lowest BCUT2D eigenvalue weighted by atomic mass is 9.99. The standard InChI is InChI=1S/C12H15ClO4/c1-6-4-10(17-3)8(7(2)11(6)13)5-9(14)12(15)16/h4,9,14H,5H2,1-3H3,(H,15,16). The highest BCUT2D eigenvalue weighted by Crippen LogP contribution is 2.32. The van der Waals surface area contributed by atoms with Crippen molar-refractivity contribution in [3.8, 4) is 5.75 Å². The van der Waals surface area contributed by atoms with Crippen LogP contribution >= 0.6 is 11.6 Å². The summed E-state index contributed by atoms with van der Waals surface area (Å²) in [6.45, 7) is 3.62. The quantitative estimate of drug-likeness (QED) is 0.866. The third-order valence-corrected chi connectivity index (χ3v) is 3.26. The van der Waals surface area contributed by atoms with Gasteiger partial charge in [-0.05, 0) is 31.0 Å². The second-order valence-corrected chi connectivity index (χ2v) is 4.25. The number of carbonyl (C=O) groups is 1. The summed E-state index contributed by atoms with van der Waals surface area (Å²) < 4.78 is 5.18. The first-order chi connectivity index (χ1) is 7.88. The van der Waals surface area contributed by atoms with Gasteiger partial charge in [-0.2, -0.15) is 0 Å². The molecule has 2 N–H and O–H groups in total. The van der Waals surface area contributed by atoms with Crippen LogP contribution in [0.15, 0.2) is 6.07 Å². The minimum Gasteiger partial charge on any atom is -0.496 e. The van der Waals surface area contributed by atoms with Gasteiger partial charge in [0.15, 0.2) is 6.10 Å². The number of rotatable bonds is 4. The number of aliphatic hydroxyl groups is 1. The molecule has 5 heteroatoms. The summed E-state index contributed by atoms with van der Waals surface area (Å²) in [7, 11) is 1.50. The van der Waals surface area contributed by atoms with E-state index in [9.17, 15) is 9.90 Å². The van der Waals surface area contributed by atoms with Crippen molar-refractivity contribution in [3.05, 3.63) is 27.8 Å². The lowest BCUT2D eigenvalue weighted by molar-refractivity contribution is -0.146. The Morgan fingerprint density at radius 1 is 1.53 bits per heavy atom. The Kier molecular flexibility index (Phi) is 4.37. The van der Waals surface area contributed by atoms with Gasteiger partial charge in [0, 0.05) is 17.0 Å². The largest absolute Gasteiger partial charge is 0.496 e. The SMILES string of the molecule is COc1cc(C)c(Cl)c(C)c1CC(O)C(=O)O. The monoisotopic (exact) mass is 258 g/mol. The van der Waals surface area contributed by atoms with E-state index in [1.807, 2.05) is 6.92 Å². The van der Waals surface area contributed by atoms with Gasteiger partial charge in [-0.1, -0.05) is 11.6 Å². The van der Waals surface area contributed by atoms with Gasteiger partial charge in [-0.3, -0.25) is 0 Å². The highest BCUT2D eigenvalue weighted by molar-refractivity contribution is 6.32. The Morgan fingerprint density at radius 3 is 2.59 bits per heavy atom. The van der Waals surface area contributed by atoms with Crippen LogP contribution in [0.25, 0.3) is 0 Å². The van der Waals surface area contributed by atoms with E-state index in [1.165, 1.54) is 7.11 Å². The maximum Gasteiger partial charge on any atom is 0.332 e. The molecule has 0 aliphatic carbocycles. The summed E-state index contributed by atoms with van der Waals surface area (Å²) in [6, 6.07) is 1.74. The average molecular weight is 259 g/mol. The van der Waals surface area contributed by atoms with Gasteiger partial charge in [-0.25, -0.2) is 4.79 Å². The summed E-state index contributed by atoms with van der Waals surface area (Å²) in [5, 5.41) is 18.7. The molecule has 0 spiro atoms. The van der Waals surface area contributed by atoms with Crippen LogP contribution in [0.5, 0.6) is 5.75 Å². The second-order valence-electron chi connectivity index (χ2n) is 3.87. The van der Waals surface area contributed by atoms with Crippen LogP contribution < -0.4 is 4.74 Å². The number of hydrogen-bond donors (Lipinski definition) is 2. The summed E-state index contributed by atoms with van der Waals surface area (Å²) in [4.78, 5) is 10.6. The van der Waals surface area contributed by atoms with Crippen molar-refractivity contribution in [2.24, 2.45) is 0 Å². The predicted molar refractivity (Wildman–Crippen MR) is 64.8 cm³/mol. The number of benzene rings is 1. The van der Waals surface area contributed by atoms with Crippen molar-refractivity contribution in [1.82, 2.24) is 0 Å². The molecule has 0 saturated carbocycles. The highest BCUT2D eigenvalue weighted by atomic mass is 35.5. The number of carboxylic acid groups (broad SMARTS) is 1. The molecule has 0 saturated heterocycles. The molecule has 1 aromatic rings. The molecule has 0 radical (unpaired) electrons. The van der Waals surface area contributed by atoms with E-state index in [1.54, 1.807) is 13.0 Å². The van der Waals surface area contributed by atoms with Crippen LogP contribution in [0.4, 0.5) is 0 Å². The van der Waals surface area contributed by atoms with Crippen LogP contribution in [0, 0.1) is 13.8 Å². The summed E-state index contributed by atoms with van der Waals surface area (Å²) >= 11 is 6.09. The molecular weight excluding hydrogens is 244 g/mol. The van der Waals surface area contributed by atoms with Crippen LogP contribution in [0.1, 0.15) is 16.7 Å². The molecule has 94 valence electrons. The van der Waals surface area contributed by atoms with Crippen LogP contribution in [0.3, 0.4) is 0 Å². The fourth-order valence-corrected chi connectivity index (χ4v) is 1.85. The van der Waals surface area contributed by atoms with E-state index in [4.69, 9.17) is 21.4 Å². The number of methoxy groups -OCH3 is 1. The Labute approximate surface area is 105 Å². The molecule has 1 atom stereocenters. The molecule has 0 amide bonds. The molecule has 1 unspecified atom stereocenters. The topological polar surface area (TPSA) is 66.8 Å². The van der Waals surface area contributed by atoms with Crippen LogP contribution in [-0.2, 0) is 11.2 Å². The molecule has 0 fully saturated rings. The normalized spacial score (nSPS) is 12.3. The summed E-state index contributed by atoms with van der Waals surface area (Å²) in [5.74, 6) is -0.715. The molecule has 1 rings (SSSR count). The molecule has 1 aromatic carbocycles. The van der Waals surface area contributed by atoms with Gasteiger partial charge in [-0.15, -0.1) is 0 Å². The number of halogens is 1. The van der Waals surface area contributed by atoms with Crippen molar-refractivity contribution >= 4 is 17.6 Å². The van der Waals surface area contributed by atoms with E-state index in [0.717, 1.165) is 11.1 Å². The van der Waals surface area contributed by atoms with Gasteiger partial charge in [0.1, 0.15) is 5.75 Å². The molecule has 17 heavy (non-hydrogen) atoms. The fraction of sp³-hybridized carbons (Fsp3) is 0.417. The number of aliphatic hydroxyl groups excluding tert-OH is 1. The third kappa shape index (κ3) is 2.90. The molecular formula is C12H15ClO4. The van der Waals surface area contributed by atoms with Gasteiger partial charge in [0.05, 0.1) is 7.11 Å². The van der Waals surface area contributed by atoms with E-state index in [0.29, 0.717) is 16.3 Å². The fourth-order valence-electron chi connectivity index (χ4n) is 1.68. The molecule has 0 heterocycles. The van der Waals surface area contributed by atoms with Crippen molar-refractivity contribution in [3.63, 3.8) is 0 Å². The molecule has 0 bridgehead atoms. The second kappa shape index (κ2) is 5.38. The maximum atomic E-state index is 10.6. The number of aryl methyl sites for hydroxylation is 1. The van der Waals surface area contributed by atoms with Crippen LogP contribution in [0.2, 0.25) is 5.02 Å². The lowest BCUT2D eigenvalue weighted by Gasteiger charge is -2.16. The lowest BCUT2D eigenvalue weighted by Crippen LogP contribution is -2.22. The van der Waals surface area contributed by atoms with Crippen molar-refractivity contribution in [2.45, 2.75) is 26.4 Å². The molecule has 4 nitrogen and oxygen atoms in total. The number of carboxylic acids is 1. The van der Waals surface area contributed by atoms with Crippen molar-refractivity contribution in [2.75, 3.05) is 7.11 Å². The Hall–Kier alpha value is -1.26. The van der Waals surface area contributed by atoms with E-state index >= 15 is 0 Å². The zero-order valence-corrected chi connectivity index (χ0v) is 10.7. The van der Waals surface area contributed by atoms with Gasteiger partial charge < -0.3 is 14.9 Å². The average Bonchev–Trinajstić information content (AvgIpc) is 2.29. The maximum absolute atomic E-state index is 10.6. The number of aliphatic carboxylic acids is 1. The van der Waals surface area contributed by atoms with Gasteiger partial charge in [0.25, 0.3) is 0 Å². The number of hydrogen-bond acceptors (Lipinski definition) is 3. The van der Waals surface area contributed by atoms with Gasteiger partial charge in [0.2, 0.25) is 0 Å². The minimum absolute atomic E-state index is 0.0235. The van der Waals surface area contributed by atoms with E-state index in [-0.39, 0.29) is 6.42 Å². The summed E-state index contributed by atoms with van der Waals surface area (Å²) in [6.07, 6.45) is -1.48. The van der Waals surface area contributed by atoms with E-state index in [2.05, 4.69) is 0 Å². The smallest absolute Gasteiger partial charge is 0.332 e. The molecule has 0 aromatic heterocycles. The molecule has 0 aliphatic rings.